The Labute approximate surface area is 144 Å². The van der Waals surface area contributed by atoms with Crippen LogP contribution in [0.3, 0.4) is 0 Å². The number of hydrogen-bond acceptors (Lipinski definition) is 3. The third-order valence-corrected chi connectivity index (χ3v) is 4.51. The van der Waals surface area contributed by atoms with Gasteiger partial charge in [-0.2, -0.15) is 0 Å². The van der Waals surface area contributed by atoms with Crippen molar-refractivity contribution >= 4 is 30.5 Å². The number of halogens is 2. The molecule has 2 bridgehead atoms. The van der Waals surface area contributed by atoms with Gasteiger partial charge in [0.05, 0.1) is 11.9 Å². The maximum Gasteiger partial charge on any atom is 0.0562 e. The van der Waals surface area contributed by atoms with E-state index in [1.165, 1.54) is 42.9 Å². The number of fused-ring (bicyclic) bond motifs is 2. The largest absolute Gasteiger partial charge is 0.365 e. The van der Waals surface area contributed by atoms with Gasteiger partial charge in [0, 0.05) is 44.0 Å². The van der Waals surface area contributed by atoms with E-state index in [2.05, 4.69) is 51.2 Å². The van der Waals surface area contributed by atoms with Crippen LogP contribution in [0.15, 0.2) is 48.8 Å². The molecule has 5 heteroatoms. The van der Waals surface area contributed by atoms with E-state index in [-0.39, 0.29) is 24.8 Å². The third-order valence-electron chi connectivity index (χ3n) is 4.51. The highest BCUT2D eigenvalue weighted by molar-refractivity contribution is 5.85. The molecule has 2 unspecified atom stereocenters. The lowest BCUT2D eigenvalue weighted by Gasteiger charge is -2.36. The van der Waals surface area contributed by atoms with Crippen LogP contribution < -0.4 is 4.90 Å². The third kappa shape index (κ3) is 3.22. The van der Waals surface area contributed by atoms with Crippen LogP contribution in [0.2, 0.25) is 0 Å². The summed E-state index contributed by atoms with van der Waals surface area (Å²) in [5, 5.41) is 0. The molecule has 2 aliphatic rings. The highest BCUT2D eigenvalue weighted by atomic mass is 35.5. The second-order valence-electron chi connectivity index (χ2n) is 5.73. The van der Waals surface area contributed by atoms with Crippen molar-refractivity contribution in [2.24, 2.45) is 0 Å². The van der Waals surface area contributed by atoms with Gasteiger partial charge in [0.15, 0.2) is 0 Å². The van der Waals surface area contributed by atoms with Gasteiger partial charge in [-0.15, -0.1) is 24.8 Å². The predicted molar refractivity (Wildman–Crippen MR) is 96.4 cm³/mol. The second kappa shape index (κ2) is 7.32. The van der Waals surface area contributed by atoms with E-state index in [4.69, 9.17) is 0 Å². The number of anilines is 1. The first-order valence-electron chi connectivity index (χ1n) is 7.39. The first-order valence-corrected chi connectivity index (χ1v) is 7.39. The summed E-state index contributed by atoms with van der Waals surface area (Å²) in [6, 6.07) is 13.5. The Morgan fingerprint density at radius 2 is 1.73 bits per heavy atom. The minimum absolute atomic E-state index is 0. The molecule has 2 aromatic rings. The summed E-state index contributed by atoms with van der Waals surface area (Å²) in [6.45, 7) is 4.79. The average molecular weight is 338 g/mol. The Morgan fingerprint density at radius 3 is 2.55 bits per heavy atom. The lowest BCUT2D eigenvalue weighted by atomic mass is 10.1. The molecule has 0 saturated carbocycles. The molecule has 0 N–H and O–H groups in total. The van der Waals surface area contributed by atoms with E-state index in [0.717, 1.165) is 6.54 Å². The SMILES string of the molecule is Cl.Cl.c1ccc(-c2cncc(N3CCN4CCC3C4)c2)cc1. The summed E-state index contributed by atoms with van der Waals surface area (Å²) in [6.07, 6.45) is 5.26. The highest BCUT2D eigenvalue weighted by Gasteiger charge is 2.32. The molecule has 2 saturated heterocycles. The zero-order valence-corrected chi connectivity index (χ0v) is 14.0. The van der Waals surface area contributed by atoms with Gasteiger partial charge in [0.2, 0.25) is 0 Å². The first-order chi connectivity index (χ1) is 9.90. The number of piperazine rings is 1. The van der Waals surface area contributed by atoms with Crippen LogP contribution in [0, 0.1) is 0 Å². The monoisotopic (exact) mass is 337 g/mol. The standard InChI is InChI=1S/C17H19N3.2ClH/c1-2-4-14(5-3-1)15-10-17(12-18-11-15)20-9-8-19-7-6-16(20)13-19;;/h1-5,10-12,16H,6-9,13H2;2*1H. The topological polar surface area (TPSA) is 19.4 Å². The molecule has 2 fully saturated rings. The number of benzene rings is 1. The van der Waals surface area contributed by atoms with E-state index in [1.807, 2.05) is 12.4 Å². The number of rotatable bonds is 2. The van der Waals surface area contributed by atoms with Crippen LogP contribution in [-0.2, 0) is 0 Å². The van der Waals surface area contributed by atoms with Crippen molar-refractivity contribution < 1.29 is 0 Å². The maximum absolute atomic E-state index is 4.46. The molecule has 0 aliphatic carbocycles. The number of nitrogens with zero attached hydrogens (tertiary/aromatic N) is 3. The quantitative estimate of drug-likeness (QED) is 0.836. The molecule has 3 nitrogen and oxygen atoms in total. The fourth-order valence-corrected chi connectivity index (χ4v) is 3.41. The summed E-state index contributed by atoms with van der Waals surface area (Å²) in [7, 11) is 0. The van der Waals surface area contributed by atoms with Crippen LogP contribution in [0.5, 0.6) is 0 Å². The molecule has 3 heterocycles. The smallest absolute Gasteiger partial charge is 0.0562 e. The van der Waals surface area contributed by atoms with Crippen LogP contribution >= 0.6 is 24.8 Å². The van der Waals surface area contributed by atoms with Gasteiger partial charge in [-0.05, 0) is 18.1 Å². The highest BCUT2D eigenvalue weighted by Crippen LogP contribution is 2.29. The van der Waals surface area contributed by atoms with Crippen LogP contribution in [0.4, 0.5) is 5.69 Å². The van der Waals surface area contributed by atoms with Gasteiger partial charge in [0.1, 0.15) is 0 Å². The number of pyridine rings is 1. The van der Waals surface area contributed by atoms with Gasteiger partial charge in [-0.3, -0.25) is 9.88 Å². The van der Waals surface area contributed by atoms with Gasteiger partial charge < -0.3 is 4.90 Å². The molecule has 0 spiro atoms. The molecule has 0 amide bonds. The van der Waals surface area contributed by atoms with Crippen LogP contribution in [0.25, 0.3) is 11.1 Å². The lowest BCUT2D eigenvalue weighted by Crippen LogP contribution is -2.46. The Balaban J connectivity index is 0.000000882. The fraction of sp³-hybridized carbons (Fsp3) is 0.353. The van der Waals surface area contributed by atoms with E-state index >= 15 is 0 Å². The van der Waals surface area contributed by atoms with Crippen LogP contribution in [-0.4, -0.2) is 42.1 Å². The molecule has 1 aromatic heterocycles. The fourth-order valence-electron chi connectivity index (χ4n) is 3.41. The van der Waals surface area contributed by atoms with E-state index in [0.29, 0.717) is 6.04 Å². The second-order valence-corrected chi connectivity index (χ2v) is 5.73. The maximum atomic E-state index is 4.46. The summed E-state index contributed by atoms with van der Waals surface area (Å²) in [5.41, 5.74) is 3.73. The van der Waals surface area contributed by atoms with Crippen molar-refractivity contribution in [2.75, 3.05) is 31.1 Å². The molecule has 2 aliphatic heterocycles. The van der Waals surface area contributed by atoms with Crippen LogP contribution in [0.1, 0.15) is 6.42 Å². The molecule has 0 radical (unpaired) electrons. The summed E-state index contributed by atoms with van der Waals surface area (Å²) >= 11 is 0. The summed E-state index contributed by atoms with van der Waals surface area (Å²) in [5.74, 6) is 0. The number of hydrogen-bond donors (Lipinski definition) is 0. The van der Waals surface area contributed by atoms with Crippen molar-refractivity contribution in [3.8, 4) is 11.1 Å². The Bertz CT molecular complexity index is 606. The molecular weight excluding hydrogens is 317 g/mol. The van der Waals surface area contributed by atoms with Crippen molar-refractivity contribution in [3.63, 3.8) is 0 Å². The van der Waals surface area contributed by atoms with Gasteiger partial charge in [-0.25, -0.2) is 0 Å². The number of aromatic nitrogens is 1. The molecule has 22 heavy (non-hydrogen) atoms. The molecule has 118 valence electrons. The van der Waals surface area contributed by atoms with E-state index < -0.39 is 0 Å². The first kappa shape index (κ1) is 17.1. The van der Waals surface area contributed by atoms with E-state index in [1.54, 1.807) is 0 Å². The predicted octanol–water partition coefficient (Wildman–Crippen LogP) is 3.49. The Kier molecular flexibility index (Phi) is 5.68. The van der Waals surface area contributed by atoms with Gasteiger partial charge in [0.25, 0.3) is 0 Å². The molecule has 2 atom stereocenters. The van der Waals surface area contributed by atoms with Crippen molar-refractivity contribution in [1.29, 1.82) is 0 Å². The summed E-state index contributed by atoms with van der Waals surface area (Å²) in [4.78, 5) is 9.57. The minimum Gasteiger partial charge on any atom is -0.365 e. The molecule has 4 rings (SSSR count). The summed E-state index contributed by atoms with van der Waals surface area (Å²) < 4.78 is 0. The van der Waals surface area contributed by atoms with Gasteiger partial charge >= 0.3 is 0 Å². The Morgan fingerprint density at radius 1 is 0.909 bits per heavy atom. The van der Waals surface area contributed by atoms with Crippen molar-refractivity contribution in [1.82, 2.24) is 9.88 Å². The lowest BCUT2D eigenvalue weighted by molar-refractivity contribution is 0.310. The normalized spacial score (nSPS) is 22.6. The average Bonchev–Trinajstić information content (AvgIpc) is 2.90. The molecular formula is C17H21Cl2N3. The van der Waals surface area contributed by atoms with Crippen molar-refractivity contribution in [3.05, 3.63) is 48.8 Å². The van der Waals surface area contributed by atoms with Gasteiger partial charge in [-0.1, -0.05) is 30.3 Å². The van der Waals surface area contributed by atoms with Crippen molar-refractivity contribution in [2.45, 2.75) is 12.5 Å². The molecule has 1 aromatic carbocycles. The zero-order valence-electron chi connectivity index (χ0n) is 12.4. The van der Waals surface area contributed by atoms with E-state index in [9.17, 15) is 0 Å². The minimum atomic E-state index is 0. The zero-order chi connectivity index (χ0) is 13.4. The Hall–Kier alpha value is -1.29.